The minimum atomic E-state index is -4.20. The van der Waals surface area contributed by atoms with Gasteiger partial charge in [-0.1, -0.05) is 6.07 Å². The molecule has 0 saturated heterocycles. The minimum absolute atomic E-state index is 0.160. The molecule has 2 rings (SSSR count). The second-order valence-corrected chi connectivity index (χ2v) is 5.82. The molecule has 0 amide bonds. The zero-order valence-corrected chi connectivity index (χ0v) is 12.4. The molecule has 3 nitrogen and oxygen atoms in total. The van der Waals surface area contributed by atoms with Gasteiger partial charge in [0.2, 0.25) is 0 Å². The molecule has 0 radical (unpaired) electrons. The van der Waals surface area contributed by atoms with Gasteiger partial charge in [-0.25, -0.2) is 0 Å². The number of nitrogens with one attached hydrogen (secondary N) is 1. The minimum Gasteiger partial charge on any atom is -0.493 e. The number of rotatable bonds is 4. The maximum atomic E-state index is 12.1. The van der Waals surface area contributed by atoms with Gasteiger partial charge in [0.25, 0.3) is 0 Å². The van der Waals surface area contributed by atoms with Gasteiger partial charge in [-0.05, 0) is 27.0 Å². The topological polar surface area (TPSA) is 30.5 Å². The highest BCUT2D eigenvalue weighted by atomic mass is 19.4. The van der Waals surface area contributed by atoms with Crippen LogP contribution < -0.4 is 14.8 Å². The third-order valence-corrected chi connectivity index (χ3v) is 3.45. The van der Waals surface area contributed by atoms with E-state index in [1.807, 2.05) is 27.0 Å². The molecule has 1 heterocycles. The Bertz CT molecular complexity index is 500. The molecule has 0 aromatic heterocycles. The van der Waals surface area contributed by atoms with Gasteiger partial charge in [-0.2, -0.15) is 13.2 Å². The Morgan fingerprint density at radius 1 is 1.38 bits per heavy atom. The molecule has 1 aliphatic rings. The third-order valence-electron chi connectivity index (χ3n) is 3.45. The Kier molecular flexibility index (Phi) is 4.37. The highest BCUT2D eigenvalue weighted by Crippen LogP contribution is 2.41. The number of alkyl halides is 3. The summed E-state index contributed by atoms with van der Waals surface area (Å²) in [7, 11) is 1.88. The van der Waals surface area contributed by atoms with Crippen LogP contribution in [0, 0.1) is 0 Å². The molecular formula is C15H20F3NO2. The molecule has 118 valence electrons. The summed E-state index contributed by atoms with van der Waals surface area (Å²) in [6, 6.07) is 5.35. The number of benzene rings is 1. The molecular weight excluding hydrogens is 283 g/mol. The van der Waals surface area contributed by atoms with Crippen LogP contribution in [0.25, 0.3) is 0 Å². The van der Waals surface area contributed by atoms with Crippen molar-refractivity contribution in [3.8, 4) is 11.5 Å². The number of hydrogen-bond acceptors (Lipinski definition) is 3. The molecule has 21 heavy (non-hydrogen) atoms. The van der Waals surface area contributed by atoms with Gasteiger partial charge < -0.3 is 14.8 Å². The lowest BCUT2D eigenvalue weighted by molar-refractivity contribution is -0.139. The van der Waals surface area contributed by atoms with Crippen LogP contribution >= 0.6 is 0 Å². The van der Waals surface area contributed by atoms with Crippen LogP contribution in [0.1, 0.15) is 38.3 Å². The molecule has 1 unspecified atom stereocenters. The van der Waals surface area contributed by atoms with Gasteiger partial charge in [0.15, 0.2) is 0 Å². The van der Waals surface area contributed by atoms with Crippen molar-refractivity contribution in [1.82, 2.24) is 5.32 Å². The first-order valence-electron chi connectivity index (χ1n) is 6.90. The lowest BCUT2D eigenvalue weighted by atomic mass is 9.90. The molecule has 0 spiro atoms. The summed E-state index contributed by atoms with van der Waals surface area (Å²) >= 11 is 0. The normalized spacial score (nSPS) is 20.6. The van der Waals surface area contributed by atoms with Gasteiger partial charge in [-0.3, -0.25) is 0 Å². The van der Waals surface area contributed by atoms with Gasteiger partial charge in [-0.15, -0.1) is 0 Å². The van der Waals surface area contributed by atoms with Crippen LogP contribution in [0.5, 0.6) is 11.5 Å². The standard InChI is InChI=1S/C15H20F3NO2/c1-14(2)9-12(19-3)11-5-4-10(8-13(11)21-14)20-7-6-15(16,17)18/h4-5,8,12,19H,6-7,9H2,1-3H3. The van der Waals surface area contributed by atoms with E-state index in [0.717, 1.165) is 12.0 Å². The van der Waals surface area contributed by atoms with Crippen LogP contribution in [0.4, 0.5) is 13.2 Å². The van der Waals surface area contributed by atoms with Crippen LogP contribution in [0.3, 0.4) is 0 Å². The summed E-state index contributed by atoms with van der Waals surface area (Å²) in [5.41, 5.74) is 0.672. The number of ether oxygens (including phenoxy) is 2. The fourth-order valence-electron chi connectivity index (χ4n) is 2.46. The molecule has 0 aliphatic carbocycles. The molecule has 1 aromatic rings. The van der Waals surface area contributed by atoms with Gasteiger partial charge in [0, 0.05) is 24.1 Å². The van der Waals surface area contributed by atoms with E-state index in [-0.39, 0.29) is 18.2 Å². The van der Waals surface area contributed by atoms with E-state index in [2.05, 4.69) is 5.32 Å². The summed E-state index contributed by atoms with van der Waals surface area (Å²) in [4.78, 5) is 0. The van der Waals surface area contributed by atoms with Crippen molar-refractivity contribution >= 4 is 0 Å². The van der Waals surface area contributed by atoms with Crippen molar-refractivity contribution < 1.29 is 22.6 Å². The maximum absolute atomic E-state index is 12.1. The monoisotopic (exact) mass is 303 g/mol. The largest absolute Gasteiger partial charge is 0.493 e. The van der Waals surface area contributed by atoms with Crippen molar-refractivity contribution in [1.29, 1.82) is 0 Å². The Morgan fingerprint density at radius 3 is 2.71 bits per heavy atom. The van der Waals surface area contributed by atoms with Crippen molar-refractivity contribution in [3.63, 3.8) is 0 Å². The zero-order chi connectivity index (χ0) is 15.7. The Hall–Kier alpha value is -1.43. The predicted molar refractivity (Wildman–Crippen MR) is 73.7 cm³/mol. The van der Waals surface area contributed by atoms with E-state index in [9.17, 15) is 13.2 Å². The fraction of sp³-hybridized carbons (Fsp3) is 0.600. The van der Waals surface area contributed by atoms with Crippen molar-refractivity contribution in [3.05, 3.63) is 23.8 Å². The van der Waals surface area contributed by atoms with E-state index in [1.54, 1.807) is 12.1 Å². The summed E-state index contributed by atoms with van der Waals surface area (Å²) in [6.45, 7) is 3.58. The maximum Gasteiger partial charge on any atom is 0.392 e. The van der Waals surface area contributed by atoms with Crippen LogP contribution in [0.2, 0.25) is 0 Å². The van der Waals surface area contributed by atoms with Gasteiger partial charge >= 0.3 is 6.18 Å². The lowest BCUT2D eigenvalue weighted by Gasteiger charge is -2.37. The summed E-state index contributed by atoms with van der Waals surface area (Å²) in [5.74, 6) is 1.06. The first-order valence-corrected chi connectivity index (χ1v) is 6.90. The highest BCUT2D eigenvalue weighted by molar-refractivity contribution is 5.44. The molecule has 1 aliphatic heterocycles. The molecule has 1 atom stereocenters. The third kappa shape index (κ3) is 4.27. The molecule has 0 fully saturated rings. The predicted octanol–water partition coefficient (Wildman–Crippen LogP) is 3.84. The van der Waals surface area contributed by atoms with Crippen molar-refractivity contribution in [2.24, 2.45) is 0 Å². The van der Waals surface area contributed by atoms with E-state index in [0.29, 0.717) is 11.5 Å². The van der Waals surface area contributed by atoms with E-state index in [4.69, 9.17) is 9.47 Å². The Morgan fingerprint density at radius 2 is 2.10 bits per heavy atom. The molecule has 1 aromatic carbocycles. The first-order chi connectivity index (χ1) is 9.70. The van der Waals surface area contributed by atoms with Crippen LogP contribution in [0.15, 0.2) is 18.2 Å². The zero-order valence-electron chi connectivity index (χ0n) is 12.4. The SMILES string of the molecule is CNC1CC(C)(C)Oc2cc(OCCC(F)(F)F)ccc21. The van der Waals surface area contributed by atoms with Crippen molar-refractivity contribution in [2.75, 3.05) is 13.7 Å². The first kappa shape index (κ1) is 15.9. The van der Waals surface area contributed by atoms with Crippen LogP contribution in [-0.2, 0) is 0 Å². The Labute approximate surface area is 122 Å². The molecule has 0 saturated carbocycles. The summed E-state index contributed by atoms with van der Waals surface area (Å²) < 4.78 is 47.4. The smallest absolute Gasteiger partial charge is 0.392 e. The highest BCUT2D eigenvalue weighted by Gasteiger charge is 2.33. The summed E-state index contributed by atoms with van der Waals surface area (Å²) in [5, 5.41) is 3.23. The average molecular weight is 303 g/mol. The van der Waals surface area contributed by atoms with E-state index in [1.165, 1.54) is 0 Å². The quantitative estimate of drug-likeness (QED) is 0.916. The second-order valence-electron chi connectivity index (χ2n) is 5.82. The van der Waals surface area contributed by atoms with Gasteiger partial charge in [0.05, 0.1) is 13.0 Å². The summed E-state index contributed by atoms with van der Waals surface area (Å²) in [6.07, 6.45) is -4.34. The number of fused-ring (bicyclic) bond motifs is 1. The molecule has 6 heteroatoms. The lowest BCUT2D eigenvalue weighted by Crippen LogP contribution is -2.38. The van der Waals surface area contributed by atoms with E-state index < -0.39 is 12.6 Å². The van der Waals surface area contributed by atoms with Crippen LogP contribution in [-0.4, -0.2) is 25.4 Å². The fourth-order valence-corrected chi connectivity index (χ4v) is 2.46. The average Bonchev–Trinajstić information content (AvgIpc) is 2.34. The van der Waals surface area contributed by atoms with Gasteiger partial charge in [0.1, 0.15) is 17.1 Å². The number of halogens is 3. The Balaban J connectivity index is 2.11. The van der Waals surface area contributed by atoms with E-state index >= 15 is 0 Å². The molecule has 1 N–H and O–H groups in total. The molecule has 0 bridgehead atoms. The van der Waals surface area contributed by atoms with Crippen molar-refractivity contribution in [2.45, 2.75) is 44.5 Å². The number of hydrogen-bond donors (Lipinski definition) is 1. The second kappa shape index (κ2) is 5.75.